The van der Waals surface area contributed by atoms with Gasteiger partial charge in [0, 0.05) is 12.5 Å². The van der Waals surface area contributed by atoms with Gasteiger partial charge in [0.25, 0.3) is 0 Å². The third-order valence-corrected chi connectivity index (χ3v) is 4.43. The summed E-state index contributed by atoms with van der Waals surface area (Å²) in [4.78, 5) is 7.11. The van der Waals surface area contributed by atoms with Gasteiger partial charge in [-0.15, -0.1) is 6.58 Å². The van der Waals surface area contributed by atoms with Gasteiger partial charge in [0.15, 0.2) is 5.96 Å². The van der Waals surface area contributed by atoms with Gasteiger partial charge in [0.1, 0.15) is 0 Å². The Hall–Kier alpha value is -2.55. The molecule has 2 unspecified atom stereocenters. The Morgan fingerprint density at radius 1 is 1.32 bits per heavy atom. The van der Waals surface area contributed by atoms with Crippen LogP contribution < -0.4 is 10.2 Å². The van der Waals surface area contributed by atoms with Crippen LogP contribution in [0.4, 0.5) is 5.69 Å². The molecule has 3 aliphatic rings. The third-order valence-electron chi connectivity index (χ3n) is 4.43. The highest BCUT2D eigenvalue weighted by Crippen LogP contribution is 2.38. The van der Waals surface area contributed by atoms with E-state index in [9.17, 15) is 0 Å². The van der Waals surface area contributed by atoms with Gasteiger partial charge in [0.2, 0.25) is 0 Å². The molecule has 1 aromatic carbocycles. The number of nitrogens with zero attached hydrogens (tertiary/aromatic N) is 2. The molecule has 0 spiro atoms. The number of guanidine groups is 1. The van der Waals surface area contributed by atoms with E-state index in [1.54, 1.807) is 0 Å². The number of benzene rings is 1. The van der Waals surface area contributed by atoms with E-state index < -0.39 is 0 Å². The Labute approximate surface area is 131 Å². The van der Waals surface area contributed by atoms with Crippen molar-refractivity contribution in [1.82, 2.24) is 5.32 Å². The molecule has 2 atom stereocenters. The molecule has 110 valence electrons. The number of hydrogen-bond acceptors (Lipinski definition) is 3. The SMILES string of the molecule is C=CCNC1=NCC2C3C=CC=CC3=Cc3ccccc3N12. The van der Waals surface area contributed by atoms with E-state index in [4.69, 9.17) is 4.99 Å². The molecule has 3 heteroatoms. The minimum atomic E-state index is 0.336. The summed E-state index contributed by atoms with van der Waals surface area (Å²) in [5.74, 6) is 1.33. The lowest BCUT2D eigenvalue weighted by atomic mass is 9.87. The smallest absolute Gasteiger partial charge is 0.199 e. The van der Waals surface area contributed by atoms with Gasteiger partial charge < -0.3 is 10.2 Å². The van der Waals surface area contributed by atoms with Crippen LogP contribution in [0.1, 0.15) is 5.56 Å². The van der Waals surface area contributed by atoms with Crippen LogP contribution >= 0.6 is 0 Å². The van der Waals surface area contributed by atoms with Crippen LogP contribution in [0.2, 0.25) is 0 Å². The number of aliphatic imine (C=N–C) groups is 1. The number of allylic oxidation sites excluding steroid dienone is 3. The highest BCUT2D eigenvalue weighted by molar-refractivity contribution is 6.01. The van der Waals surface area contributed by atoms with Crippen LogP contribution in [0.15, 0.2) is 71.8 Å². The van der Waals surface area contributed by atoms with Crippen molar-refractivity contribution in [2.75, 3.05) is 18.0 Å². The Balaban J connectivity index is 1.81. The fraction of sp³-hybridized carbons (Fsp3) is 0.211. The van der Waals surface area contributed by atoms with Gasteiger partial charge in [-0.2, -0.15) is 0 Å². The Kier molecular flexibility index (Phi) is 3.19. The van der Waals surface area contributed by atoms with Crippen molar-refractivity contribution in [3.63, 3.8) is 0 Å². The molecule has 0 radical (unpaired) electrons. The van der Waals surface area contributed by atoms with Crippen molar-refractivity contribution in [1.29, 1.82) is 0 Å². The summed E-state index contributed by atoms with van der Waals surface area (Å²) in [5, 5.41) is 3.39. The van der Waals surface area contributed by atoms with Gasteiger partial charge in [-0.05, 0) is 23.3 Å². The lowest BCUT2D eigenvalue weighted by Gasteiger charge is -2.32. The first-order valence-electron chi connectivity index (χ1n) is 7.72. The molecule has 2 aliphatic heterocycles. The number of rotatable bonds is 2. The maximum absolute atomic E-state index is 4.75. The molecule has 0 saturated carbocycles. The molecule has 2 heterocycles. The van der Waals surface area contributed by atoms with Crippen molar-refractivity contribution in [2.24, 2.45) is 10.9 Å². The first kappa shape index (κ1) is 13.1. The molecular formula is C19H19N3. The average Bonchev–Trinajstić information content (AvgIpc) is 2.91. The zero-order valence-electron chi connectivity index (χ0n) is 12.4. The van der Waals surface area contributed by atoms with Crippen LogP contribution in [-0.2, 0) is 0 Å². The quantitative estimate of drug-likeness (QED) is 0.847. The minimum Gasteiger partial charge on any atom is -0.352 e. The van der Waals surface area contributed by atoms with E-state index in [1.165, 1.54) is 16.8 Å². The van der Waals surface area contributed by atoms with Crippen LogP contribution in [0.5, 0.6) is 0 Å². The number of nitrogens with one attached hydrogen (secondary N) is 1. The Morgan fingerprint density at radius 2 is 2.23 bits per heavy atom. The highest BCUT2D eigenvalue weighted by Gasteiger charge is 2.38. The van der Waals surface area contributed by atoms with E-state index in [-0.39, 0.29) is 0 Å². The van der Waals surface area contributed by atoms with Gasteiger partial charge in [-0.3, -0.25) is 4.99 Å². The molecule has 0 amide bonds. The van der Waals surface area contributed by atoms with Crippen LogP contribution in [0.3, 0.4) is 0 Å². The number of hydrogen-bond donors (Lipinski definition) is 1. The molecule has 4 rings (SSSR count). The zero-order chi connectivity index (χ0) is 14.9. The predicted octanol–water partition coefficient (Wildman–Crippen LogP) is 3.15. The lowest BCUT2D eigenvalue weighted by molar-refractivity contribution is 0.598. The lowest BCUT2D eigenvalue weighted by Crippen LogP contribution is -2.46. The Morgan fingerprint density at radius 3 is 3.14 bits per heavy atom. The summed E-state index contributed by atoms with van der Waals surface area (Å²) in [6.45, 7) is 5.33. The van der Waals surface area contributed by atoms with E-state index in [0.717, 1.165) is 19.0 Å². The predicted molar refractivity (Wildman–Crippen MR) is 93.0 cm³/mol. The second-order valence-electron chi connectivity index (χ2n) is 5.74. The maximum atomic E-state index is 4.75. The second kappa shape index (κ2) is 5.34. The normalized spacial score (nSPS) is 24.6. The van der Waals surface area contributed by atoms with Crippen molar-refractivity contribution < 1.29 is 0 Å². The fourth-order valence-corrected chi connectivity index (χ4v) is 3.44. The minimum absolute atomic E-state index is 0.336. The standard InChI is InChI=1S/C19H19N3/c1-2-11-20-19-21-13-18-16-9-5-3-7-14(16)12-15-8-4-6-10-17(15)22(18)19/h2-10,12,16,18H,1,11,13H2,(H,20,21). The van der Waals surface area contributed by atoms with Crippen LogP contribution in [0, 0.1) is 5.92 Å². The van der Waals surface area contributed by atoms with Crippen molar-refractivity contribution >= 4 is 17.7 Å². The van der Waals surface area contributed by atoms with E-state index >= 15 is 0 Å². The molecule has 1 N–H and O–H groups in total. The van der Waals surface area contributed by atoms with Crippen molar-refractivity contribution in [3.8, 4) is 0 Å². The van der Waals surface area contributed by atoms with Gasteiger partial charge in [-0.1, -0.05) is 48.6 Å². The maximum Gasteiger partial charge on any atom is 0.199 e. The first-order chi connectivity index (χ1) is 10.9. The number of para-hydroxylation sites is 1. The van der Waals surface area contributed by atoms with Gasteiger partial charge in [-0.25, -0.2) is 0 Å². The van der Waals surface area contributed by atoms with Gasteiger partial charge in [0.05, 0.1) is 18.3 Å². The highest BCUT2D eigenvalue weighted by atomic mass is 15.4. The summed E-state index contributed by atoms with van der Waals surface area (Å²) in [7, 11) is 0. The van der Waals surface area contributed by atoms with E-state index in [1.807, 2.05) is 6.08 Å². The topological polar surface area (TPSA) is 27.6 Å². The first-order valence-corrected chi connectivity index (χ1v) is 7.72. The summed E-state index contributed by atoms with van der Waals surface area (Å²) in [5.41, 5.74) is 3.84. The number of fused-ring (bicyclic) bond motifs is 5. The monoisotopic (exact) mass is 289 g/mol. The third kappa shape index (κ3) is 2.01. The van der Waals surface area contributed by atoms with E-state index in [0.29, 0.717) is 12.0 Å². The molecule has 1 aliphatic carbocycles. The number of anilines is 1. The summed E-state index contributed by atoms with van der Waals surface area (Å²) < 4.78 is 0. The van der Waals surface area contributed by atoms with Crippen LogP contribution in [-0.4, -0.2) is 25.1 Å². The summed E-state index contributed by atoms with van der Waals surface area (Å²) >= 11 is 0. The summed E-state index contributed by atoms with van der Waals surface area (Å²) in [6, 6.07) is 8.89. The van der Waals surface area contributed by atoms with Gasteiger partial charge >= 0.3 is 0 Å². The molecule has 0 fully saturated rings. The average molecular weight is 289 g/mol. The molecule has 3 nitrogen and oxygen atoms in total. The molecule has 1 aromatic rings. The Bertz CT molecular complexity index is 724. The fourth-order valence-electron chi connectivity index (χ4n) is 3.44. The molecule has 0 saturated heterocycles. The molecule has 0 aromatic heterocycles. The van der Waals surface area contributed by atoms with Crippen LogP contribution in [0.25, 0.3) is 6.08 Å². The van der Waals surface area contributed by atoms with Crippen molar-refractivity contribution in [3.05, 3.63) is 72.4 Å². The summed E-state index contributed by atoms with van der Waals surface area (Å²) in [6.07, 6.45) is 13.0. The van der Waals surface area contributed by atoms with Crippen molar-refractivity contribution in [2.45, 2.75) is 6.04 Å². The molecule has 0 bridgehead atoms. The second-order valence-corrected chi connectivity index (χ2v) is 5.74. The molecule has 22 heavy (non-hydrogen) atoms. The largest absolute Gasteiger partial charge is 0.352 e. The zero-order valence-corrected chi connectivity index (χ0v) is 12.4. The van der Waals surface area contributed by atoms with E-state index in [2.05, 4.69) is 71.4 Å². The molecular weight excluding hydrogens is 270 g/mol.